The number of hydrogen-bond acceptors (Lipinski definition) is 3. The quantitative estimate of drug-likeness (QED) is 0.824. The van der Waals surface area contributed by atoms with Gasteiger partial charge in [0.1, 0.15) is 0 Å². The Bertz CT molecular complexity index is 263. The maximum Gasteiger partial charge on any atom is 0.0120 e. The summed E-state index contributed by atoms with van der Waals surface area (Å²) in [4.78, 5) is 5.07. The van der Waals surface area contributed by atoms with Gasteiger partial charge in [-0.05, 0) is 46.2 Å². The second-order valence-electron chi connectivity index (χ2n) is 6.98. The number of likely N-dealkylation sites (tertiary alicyclic amines) is 1. The van der Waals surface area contributed by atoms with E-state index in [2.05, 4.69) is 43.1 Å². The van der Waals surface area contributed by atoms with Gasteiger partial charge >= 0.3 is 0 Å². The number of likely N-dealkylation sites (N-methyl/N-ethyl adjacent to an activating group) is 1. The summed E-state index contributed by atoms with van der Waals surface area (Å²) < 4.78 is 0. The monoisotopic (exact) mass is 267 g/mol. The Morgan fingerprint density at radius 1 is 1.21 bits per heavy atom. The van der Waals surface area contributed by atoms with Gasteiger partial charge in [0.25, 0.3) is 0 Å². The van der Waals surface area contributed by atoms with Gasteiger partial charge in [0, 0.05) is 37.8 Å². The standard InChI is InChI=1S/C16H33N3/c1-13-12-19(4)14(2)11-16(13)17-9-10-18(3)15-7-5-6-8-15/h13-17H,5-12H2,1-4H3. The lowest BCUT2D eigenvalue weighted by atomic mass is 9.90. The molecule has 112 valence electrons. The van der Waals surface area contributed by atoms with Crippen molar-refractivity contribution in [3.05, 3.63) is 0 Å². The van der Waals surface area contributed by atoms with E-state index in [9.17, 15) is 0 Å². The van der Waals surface area contributed by atoms with E-state index < -0.39 is 0 Å². The van der Waals surface area contributed by atoms with Crippen LogP contribution in [-0.4, -0.2) is 61.7 Å². The zero-order chi connectivity index (χ0) is 13.8. The van der Waals surface area contributed by atoms with Crippen LogP contribution >= 0.6 is 0 Å². The first kappa shape index (κ1) is 15.3. The van der Waals surface area contributed by atoms with Crippen LogP contribution in [0.3, 0.4) is 0 Å². The lowest BCUT2D eigenvalue weighted by Gasteiger charge is -2.40. The molecule has 3 heteroatoms. The topological polar surface area (TPSA) is 18.5 Å². The molecule has 1 saturated heterocycles. The molecule has 3 atom stereocenters. The highest BCUT2D eigenvalue weighted by molar-refractivity contribution is 4.86. The highest BCUT2D eigenvalue weighted by atomic mass is 15.2. The van der Waals surface area contributed by atoms with Crippen molar-refractivity contribution in [2.75, 3.05) is 33.7 Å². The second kappa shape index (κ2) is 7.05. The molecule has 0 amide bonds. The van der Waals surface area contributed by atoms with Crippen LogP contribution in [0.15, 0.2) is 0 Å². The lowest BCUT2D eigenvalue weighted by molar-refractivity contribution is 0.119. The summed E-state index contributed by atoms with van der Waals surface area (Å²) in [5.41, 5.74) is 0. The first-order valence-electron chi connectivity index (χ1n) is 8.21. The van der Waals surface area contributed by atoms with Crippen molar-refractivity contribution in [2.45, 2.75) is 64.1 Å². The van der Waals surface area contributed by atoms with E-state index in [0.717, 1.165) is 24.5 Å². The zero-order valence-corrected chi connectivity index (χ0v) is 13.4. The van der Waals surface area contributed by atoms with Gasteiger partial charge in [-0.3, -0.25) is 0 Å². The minimum Gasteiger partial charge on any atom is -0.312 e. The summed E-state index contributed by atoms with van der Waals surface area (Å²) in [6.07, 6.45) is 7.00. The summed E-state index contributed by atoms with van der Waals surface area (Å²) in [6.45, 7) is 8.33. The second-order valence-corrected chi connectivity index (χ2v) is 6.98. The van der Waals surface area contributed by atoms with E-state index >= 15 is 0 Å². The van der Waals surface area contributed by atoms with Crippen molar-refractivity contribution in [1.82, 2.24) is 15.1 Å². The van der Waals surface area contributed by atoms with E-state index in [4.69, 9.17) is 0 Å². The van der Waals surface area contributed by atoms with Crippen LogP contribution in [-0.2, 0) is 0 Å². The average Bonchev–Trinajstić information content (AvgIpc) is 2.89. The summed E-state index contributed by atoms with van der Waals surface area (Å²) in [5, 5.41) is 3.81. The molecule has 1 aliphatic carbocycles. The molecule has 3 nitrogen and oxygen atoms in total. The summed E-state index contributed by atoms with van der Waals surface area (Å²) in [5.74, 6) is 0.776. The molecule has 2 aliphatic rings. The number of nitrogens with zero attached hydrogens (tertiary/aromatic N) is 2. The van der Waals surface area contributed by atoms with Crippen LogP contribution in [0.25, 0.3) is 0 Å². The Hall–Kier alpha value is -0.120. The predicted octanol–water partition coefficient (Wildman–Crippen LogP) is 2.18. The molecule has 0 aromatic carbocycles. The highest BCUT2D eigenvalue weighted by Crippen LogP contribution is 2.22. The molecule has 1 saturated carbocycles. The van der Waals surface area contributed by atoms with E-state index in [0.29, 0.717) is 6.04 Å². The summed E-state index contributed by atoms with van der Waals surface area (Å²) >= 11 is 0. The van der Waals surface area contributed by atoms with Crippen LogP contribution in [0.5, 0.6) is 0 Å². The van der Waals surface area contributed by atoms with Gasteiger partial charge in [-0.15, -0.1) is 0 Å². The van der Waals surface area contributed by atoms with Crippen molar-refractivity contribution in [3.8, 4) is 0 Å². The smallest absolute Gasteiger partial charge is 0.0120 e. The number of hydrogen-bond donors (Lipinski definition) is 1. The third-order valence-corrected chi connectivity index (χ3v) is 5.43. The Morgan fingerprint density at radius 2 is 1.89 bits per heavy atom. The Kier molecular flexibility index (Phi) is 5.67. The summed E-state index contributed by atoms with van der Waals surface area (Å²) in [6, 6.07) is 2.29. The average molecular weight is 267 g/mol. The lowest BCUT2D eigenvalue weighted by Crippen LogP contribution is -2.52. The number of rotatable bonds is 5. The normalized spacial score (nSPS) is 34.3. The molecule has 3 unspecified atom stereocenters. The molecule has 2 fully saturated rings. The zero-order valence-electron chi connectivity index (χ0n) is 13.4. The third kappa shape index (κ3) is 4.17. The van der Waals surface area contributed by atoms with E-state index in [1.54, 1.807) is 0 Å². The van der Waals surface area contributed by atoms with Gasteiger partial charge in [0.2, 0.25) is 0 Å². The van der Waals surface area contributed by atoms with Crippen LogP contribution in [0.1, 0.15) is 46.0 Å². The molecule has 0 spiro atoms. The van der Waals surface area contributed by atoms with Gasteiger partial charge in [-0.25, -0.2) is 0 Å². The predicted molar refractivity (Wildman–Crippen MR) is 82.5 cm³/mol. The minimum absolute atomic E-state index is 0.711. The largest absolute Gasteiger partial charge is 0.312 e. The molecule has 2 rings (SSSR count). The van der Waals surface area contributed by atoms with Gasteiger partial charge in [-0.2, -0.15) is 0 Å². The Balaban J connectivity index is 1.67. The third-order valence-electron chi connectivity index (χ3n) is 5.43. The van der Waals surface area contributed by atoms with Crippen molar-refractivity contribution < 1.29 is 0 Å². The molecule has 0 aromatic heterocycles. The number of piperidine rings is 1. The van der Waals surface area contributed by atoms with E-state index in [1.807, 2.05) is 0 Å². The van der Waals surface area contributed by atoms with Crippen LogP contribution in [0.4, 0.5) is 0 Å². The van der Waals surface area contributed by atoms with Gasteiger partial charge < -0.3 is 15.1 Å². The fraction of sp³-hybridized carbons (Fsp3) is 1.00. The van der Waals surface area contributed by atoms with Crippen molar-refractivity contribution in [3.63, 3.8) is 0 Å². The molecule has 19 heavy (non-hydrogen) atoms. The fourth-order valence-corrected chi connectivity index (χ4v) is 3.78. The first-order chi connectivity index (χ1) is 9.08. The van der Waals surface area contributed by atoms with E-state index in [-0.39, 0.29) is 0 Å². The Labute approximate surface area is 119 Å². The van der Waals surface area contributed by atoms with Gasteiger partial charge in [0.05, 0.1) is 0 Å². The molecule has 0 bridgehead atoms. The highest BCUT2D eigenvalue weighted by Gasteiger charge is 2.28. The van der Waals surface area contributed by atoms with Crippen molar-refractivity contribution in [2.24, 2.45) is 5.92 Å². The molecule has 1 heterocycles. The Morgan fingerprint density at radius 3 is 2.58 bits per heavy atom. The number of nitrogens with one attached hydrogen (secondary N) is 1. The SMILES string of the molecule is CC1CN(C)C(C)CC1NCCN(C)C1CCCC1. The molecule has 0 aromatic rings. The van der Waals surface area contributed by atoms with Crippen molar-refractivity contribution in [1.29, 1.82) is 0 Å². The molecular formula is C16H33N3. The van der Waals surface area contributed by atoms with Crippen molar-refractivity contribution >= 4 is 0 Å². The van der Waals surface area contributed by atoms with Crippen LogP contribution < -0.4 is 5.32 Å². The molecule has 1 aliphatic heterocycles. The van der Waals surface area contributed by atoms with Gasteiger partial charge in [0.15, 0.2) is 0 Å². The minimum atomic E-state index is 0.711. The maximum absolute atomic E-state index is 3.81. The molecular weight excluding hydrogens is 234 g/mol. The first-order valence-corrected chi connectivity index (χ1v) is 8.21. The summed E-state index contributed by atoms with van der Waals surface area (Å²) in [7, 11) is 4.56. The van der Waals surface area contributed by atoms with Crippen LogP contribution in [0.2, 0.25) is 0 Å². The molecule has 0 radical (unpaired) electrons. The molecule has 1 N–H and O–H groups in total. The fourth-order valence-electron chi connectivity index (χ4n) is 3.78. The van der Waals surface area contributed by atoms with Crippen LogP contribution in [0, 0.1) is 5.92 Å². The van der Waals surface area contributed by atoms with Gasteiger partial charge in [-0.1, -0.05) is 19.8 Å². The van der Waals surface area contributed by atoms with E-state index in [1.165, 1.54) is 45.2 Å². The maximum atomic E-state index is 3.81.